The lowest BCUT2D eigenvalue weighted by atomic mass is 10.2. The largest absolute Gasteiger partial charge is 0.497 e. The standard InChI is InChI=1S/C16H14ClN5O/c1-9-3-4-10(17)7-12(9)18-15-20-16-19-13-8-11(23-2)5-6-14(13)22(16)21-15/h3-8H,1-2H3,(H2,18,19,20,21). The van der Waals surface area contributed by atoms with Gasteiger partial charge in [0.25, 0.3) is 5.78 Å². The normalized spacial score (nSPS) is 11.3. The predicted molar refractivity (Wildman–Crippen MR) is 90.9 cm³/mol. The molecule has 0 aliphatic carbocycles. The minimum Gasteiger partial charge on any atom is -0.497 e. The molecule has 0 amide bonds. The molecule has 0 radical (unpaired) electrons. The molecule has 0 aliphatic heterocycles. The highest BCUT2D eigenvalue weighted by atomic mass is 35.5. The average molecular weight is 328 g/mol. The van der Waals surface area contributed by atoms with Gasteiger partial charge in [0.05, 0.1) is 18.1 Å². The van der Waals surface area contributed by atoms with Crippen molar-refractivity contribution >= 4 is 40.0 Å². The van der Waals surface area contributed by atoms with Crippen LogP contribution in [0, 0.1) is 6.92 Å². The van der Waals surface area contributed by atoms with Crippen LogP contribution in [0.4, 0.5) is 11.6 Å². The first-order valence-corrected chi connectivity index (χ1v) is 7.47. The van der Waals surface area contributed by atoms with Gasteiger partial charge in [0.15, 0.2) is 0 Å². The second-order valence-electron chi connectivity index (χ2n) is 5.26. The van der Waals surface area contributed by atoms with Crippen molar-refractivity contribution in [1.29, 1.82) is 0 Å². The first-order valence-electron chi connectivity index (χ1n) is 7.09. The molecule has 0 atom stereocenters. The van der Waals surface area contributed by atoms with Gasteiger partial charge in [0.1, 0.15) is 5.75 Å². The van der Waals surface area contributed by atoms with Crippen LogP contribution in [0.1, 0.15) is 5.56 Å². The van der Waals surface area contributed by atoms with Crippen LogP contribution in [0.3, 0.4) is 0 Å². The van der Waals surface area contributed by atoms with Gasteiger partial charge in [-0.05, 0) is 36.8 Å². The number of rotatable bonds is 3. The van der Waals surface area contributed by atoms with Gasteiger partial charge >= 0.3 is 0 Å². The summed E-state index contributed by atoms with van der Waals surface area (Å²) < 4.78 is 7.05. The number of halogens is 1. The van der Waals surface area contributed by atoms with Crippen molar-refractivity contribution in [2.75, 3.05) is 12.4 Å². The summed E-state index contributed by atoms with van der Waals surface area (Å²) >= 11 is 6.05. The molecule has 4 rings (SSSR count). The van der Waals surface area contributed by atoms with E-state index >= 15 is 0 Å². The average Bonchev–Trinajstić information content (AvgIpc) is 3.07. The van der Waals surface area contributed by atoms with E-state index in [4.69, 9.17) is 16.3 Å². The highest BCUT2D eigenvalue weighted by Gasteiger charge is 2.11. The SMILES string of the molecule is COc1ccc2c(c1)nc1nc(Nc3cc(Cl)ccc3C)[nH]n12. The second-order valence-corrected chi connectivity index (χ2v) is 5.69. The monoisotopic (exact) mass is 327 g/mol. The van der Waals surface area contributed by atoms with Crippen molar-refractivity contribution < 1.29 is 4.74 Å². The van der Waals surface area contributed by atoms with Gasteiger partial charge in [-0.25, -0.2) is 9.50 Å². The zero-order chi connectivity index (χ0) is 16.0. The Balaban J connectivity index is 1.76. The topological polar surface area (TPSA) is 67.2 Å². The summed E-state index contributed by atoms with van der Waals surface area (Å²) in [5, 5.41) is 7.11. The number of H-pyrrole nitrogens is 1. The molecule has 6 nitrogen and oxygen atoms in total. The Morgan fingerprint density at radius 1 is 1.17 bits per heavy atom. The lowest BCUT2D eigenvalue weighted by Crippen LogP contribution is -1.96. The Kier molecular flexibility index (Phi) is 3.12. The predicted octanol–water partition coefficient (Wildman–Crippen LogP) is 3.92. The molecule has 0 aliphatic rings. The first-order chi connectivity index (χ1) is 11.1. The van der Waals surface area contributed by atoms with Crippen LogP contribution in [0.5, 0.6) is 5.75 Å². The van der Waals surface area contributed by atoms with E-state index in [9.17, 15) is 0 Å². The fourth-order valence-corrected chi connectivity index (χ4v) is 2.67. The third-order valence-electron chi connectivity index (χ3n) is 3.73. The van der Waals surface area contributed by atoms with Crippen molar-refractivity contribution in [2.24, 2.45) is 0 Å². The molecule has 7 heteroatoms. The molecule has 0 bridgehead atoms. The first kappa shape index (κ1) is 13.9. The Labute approximate surface area is 137 Å². The van der Waals surface area contributed by atoms with Crippen molar-refractivity contribution in [3.8, 4) is 5.75 Å². The van der Waals surface area contributed by atoms with E-state index in [1.165, 1.54) is 0 Å². The summed E-state index contributed by atoms with van der Waals surface area (Å²) in [7, 11) is 1.64. The highest BCUT2D eigenvalue weighted by molar-refractivity contribution is 6.30. The Bertz CT molecular complexity index is 1020. The molecule has 0 spiro atoms. The number of nitrogens with one attached hydrogen (secondary N) is 2. The quantitative estimate of drug-likeness (QED) is 0.598. The lowest BCUT2D eigenvalue weighted by Gasteiger charge is -2.06. The maximum atomic E-state index is 6.05. The number of ether oxygens (including phenoxy) is 1. The number of imidazole rings is 1. The van der Waals surface area contributed by atoms with Gasteiger partial charge in [-0.3, -0.25) is 5.10 Å². The van der Waals surface area contributed by atoms with Crippen LogP contribution in [-0.2, 0) is 0 Å². The number of benzene rings is 2. The number of aromatic nitrogens is 4. The van der Waals surface area contributed by atoms with Crippen LogP contribution < -0.4 is 10.1 Å². The van der Waals surface area contributed by atoms with E-state index in [0.29, 0.717) is 16.7 Å². The number of methoxy groups -OCH3 is 1. The fourth-order valence-electron chi connectivity index (χ4n) is 2.50. The zero-order valence-electron chi connectivity index (χ0n) is 12.6. The number of anilines is 2. The molecule has 4 aromatic rings. The summed E-state index contributed by atoms with van der Waals surface area (Å²) in [5.41, 5.74) is 3.75. The van der Waals surface area contributed by atoms with Gasteiger partial charge in [-0.2, -0.15) is 4.98 Å². The Morgan fingerprint density at radius 3 is 2.87 bits per heavy atom. The summed E-state index contributed by atoms with van der Waals surface area (Å²) in [6, 6.07) is 11.4. The Hall–Kier alpha value is -2.73. The van der Waals surface area contributed by atoms with E-state index in [-0.39, 0.29) is 0 Å². The van der Waals surface area contributed by atoms with Crippen molar-refractivity contribution in [3.63, 3.8) is 0 Å². The number of aryl methyl sites for hydroxylation is 1. The number of aromatic amines is 1. The van der Waals surface area contributed by atoms with Crippen molar-refractivity contribution in [3.05, 3.63) is 47.0 Å². The molecule has 2 aromatic heterocycles. The smallest absolute Gasteiger partial charge is 0.253 e. The molecule has 116 valence electrons. The summed E-state index contributed by atoms with van der Waals surface area (Å²) in [4.78, 5) is 8.97. The molecule has 2 N–H and O–H groups in total. The van der Waals surface area contributed by atoms with Crippen LogP contribution in [0.2, 0.25) is 5.02 Å². The van der Waals surface area contributed by atoms with E-state index in [2.05, 4.69) is 20.4 Å². The van der Waals surface area contributed by atoms with E-state index in [1.54, 1.807) is 7.11 Å². The molecule has 0 saturated heterocycles. The number of fused-ring (bicyclic) bond motifs is 3. The van der Waals surface area contributed by atoms with Crippen LogP contribution >= 0.6 is 11.6 Å². The van der Waals surface area contributed by atoms with Gasteiger partial charge in [-0.1, -0.05) is 17.7 Å². The number of hydrogen-bond donors (Lipinski definition) is 2. The summed E-state index contributed by atoms with van der Waals surface area (Å²) in [6.07, 6.45) is 0. The highest BCUT2D eigenvalue weighted by Crippen LogP contribution is 2.25. The van der Waals surface area contributed by atoms with E-state index in [1.807, 2.05) is 47.8 Å². The van der Waals surface area contributed by atoms with Crippen LogP contribution in [-0.4, -0.2) is 26.7 Å². The van der Waals surface area contributed by atoms with Crippen LogP contribution in [0.15, 0.2) is 36.4 Å². The number of nitrogens with zero attached hydrogens (tertiary/aromatic N) is 3. The summed E-state index contributed by atoms with van der Waals surface area (Å²) in [6.45, 7) is 2.01. The van der Waals surface area contributed by atoms with Gasteiger partial charge in [0.2, 0.25) is 5.95 Å². The Morgan fingerprint density at radius 2 is 2.04 bits per heavy atom. The third kappa shape index (κ3) is 2.37. The molecular weight excluding hydrogens is 314 g/mol. The maximum Gasteiger partial charge on any atom is 0.253 e. The molecule has 0 fully saturated rings. The molecular formula is C16H14ClN5O. The lowest BCUT2D eigenvalue weighted by molar-refractivity contribution is 0.415. The second kappa shape index (κ2) is 5.17. The third-order valence-corrected chi connectivity index (χ3v) is 3.96. The van der Waals surface area contributed by atoms with Gasteiger partial charge in [-0.15, -0.1) is 0 Å². The maximum absolute atomic E-state index is 6.05. The van der Waals surface area contributed by atoms with Crippen LogP contribution in [0.25, 0.3) is 16.8 Å². The zero-order valence-corrected chi connectivity index (χ0v) is 13.3. The van der Waals surface area contributed by atoms with Gasteiger partial charge in [0, 0.05) is 16.8 Å². The summed E-state index contributed by atoms with van der Waals surface area (Å²) in [5.74, 6) is 1.97. The molecule has 23 heavy (non-hydrogen) atoms. The molecule has 2 aromatic carbocycles. The number of hydrogen-bond acceptors (Lipinski definition) is 4. The van der Waals surface area contributed by atoms with E-state index < -0.39 is 0 Å². The fraction of sp³-hybridized carbons (Fsp3) is 0.125. The molecule has 0 saturated carbocycles. The van der Waals surface area contributed by atoms with E-state index in [0.717, 1.165) is 28.0 Å². The minimum atomic E-state index is 0.593. The molecule has 2 heterocycles. The molecule has 0 unspecified atom stereocenters. The minimum absolute atomic E-state index is 0.593. The van der Waals surface area contributed by atoms with Gasteiger partial charge < -0.3 is 10.1 Å². The van der Waals surface area contributed by atoms with Crippen molar-refractivity contribution in [1.82, 2.24) is 19.6 Å². The van der Waals surface area contributed by atoms with Crippen molar-refractivity contribution in [2.45, 2.75) is 6.92 Å².